The van der Waals surface area contributed by atoms with E-state index in [1.54, 1.807) is 12.1 Å². The molecule has 0 aliphatic rings. The summed E-state index contributed by atoms with van der Waals surface area (Å²) in [5, 5.41) is 4.66. The molecule has 0 aliphatic heterocycles. The number of aromatic nitrogens is 1. The highest BCUT2D eigenvalue weighted by Crippen LogP contribution is 2.34. The second-order valence-corrected chi connectivity index (χ2v) is 8.02. The van der Waals surface area contributed by atoms with Crippen molar-refractivity contribution < 1.29 is 18.0 Å². The third-order valence-corrected chi connectivity index (χ3v) is 5.77. The number of hydrogen-bond donors (Lipinski definition) is 1. The molecule has 0 aliphatic carbocycles. The van der Waals surface area contributed by atoms with Gasteiger partial charge in [0.1, 0.15) is 5.69 Å². The van der Waals surface area contributed by atoms with Crippen molar-refractivity contribution in [3.63, 3.8) is 0 Å². The van der Waals surface area contributed by atoms with Gasteiger partial charge in [0.25, 0.3) is 5.91 Å². The topological polar surface area (TPSA) is 34.0 Å². The van der Waals surface area contributed by atoms with Crippen molar-refractivity contribution in [3.8, 4) is 0 Å². The third kappa shape index (κ3) is 4.27. The van der Waals surface area contributed by atoms with Gasteiger partial charge >= 0.3 is 6.18 Å². The average Bonchev–Trinajstić information content (AvgIpc) is 3.12. The lowest BCUT2D eigenvalue weighted by Gasteiger charge is -2.12. The molecule has 3 rings (SSSR count). The maximum atomic E-state index is 12.8. The number of rotatable bonds is 5. The Bertz CT molecular complexity index is 1020. The van der Waals surface area contributed by atoms with Crippen molar-refractivity contribution in [2.75, 3.05) is 0 Å². The quantitative estimate of drug-likeness (QED) is 0.470. The third-order valence-electron chi connectivity index (χ3n) is 3.95. The van der Waals surface area contributed by atoms with E-state index in [0.29, 0.717) is 17.8 Å². The summed E-state index contributed by atoms with van der Waals surface area (Å²) in [6, 6.07) is 6.73. The second-order valence-electron chi connectivity index (χ2n) is 6.25. The van der Waals surface area contributed by atoms with Gasteiger partial charge in [0.05, 0.1) is 20.3 Å². The molecule has 8 heteroatoms. The Labute approximate surface area is 166 Å². The molecule has 2 heterocycles. The Hall–Kier alpha value is -2.06. The summed E-state index contributed by atoms with van der Waals surface area (Å²) in [4.78, 5) is 12.7. The van der Waals surface area contributed by atoms with Crippen LogP contribution in [0.3, 0.4) is 0 Å². The number of halogens is 4. The van der Waals surface area contributed by atoms with Crippen molar-refractivity contribution in [1.82, 2.24) is 9.88 Å². The lowest BCUT2D eigenvalue weighted by atomic mass is 10.1. The van der Waals surface area contributed by atoms with Crippen LogP contribution in [0.5, 0.6) is 0 Å². The fourth-order valence-corrected chi connectivity index (χ4v) is 4.48. The highest BCUT2D eigenvalue weighted by molar-refractivity contribution is 9.10. The highest BCUT2D eigenvalue weighted by Gasteiger charge is 2.30. The van der Waals surface area contributed by atoms with E-state index in [1.807, 2.05) is 16.9 Å². The molecule has 142 valence electrons. The predicted octanol–water partition coefficient (Wildman–Crippen LogP) is 5.99. The molecular weight excluding hydrogens is 441 g/mol. The zero-order valence-electron chi connectivity index (χ0n) is 14.4. The molecule has 0 fully saturated rings. The van der Waals surface area contributed by atoms with Crippen LogP contribution in [-0.2, 0) is 19.3 Å². The van der Waals surface area contributed by atoms with Crippen LogP contribution in [0.15, 0.2) is 52.3 Å². The number of thiophene rings is 1. The van der Waals surface area contributed by atoms with Crippen molar-refractivity contribution in [2.24, 2.45) is 0 Å². The Morgan fingerprint density at radius 1 is 1.33 bits per heavy atom. The molecule has 1 N–H and O–H groups in total. The number of alkyl halides is 3. The molecule has 3 nitrogen and oxygen atoms in total. The van der Waals surface area contributed by atoms with Gasteiger partial charge in [0.15, 0.2) is 0 Å². The first-order valence-corrected chi connectivity index (χ1v) is 9.69. The molecule has 3 aromatic rings. The van der Waals surface area contributed by atoms with Crippen molar-refractivity contribution in [3.05, 3.63) is 69.2 Å². The number of carbonyl (C=O) groups is 1. The summed E-state index contributed by atoms with van der Waals surface area (Å²) >= 11 is 5.00. The molecule has 0 bridgehead atoms. The number of allylic oxidation sites excluding steroid dienone is 1. The first-order valence-electron chi connectivity index (χ1n) is 8.01. The minimum atomic E-state index is -4.41. The number of benzene rings is 1. The van der Waals surface area contributed by atoms with Crippen LogP contribution in [0.4, 0.5) is 13.2 Å². The summed E-state index contributed by atoms with van der Waals surface area (Å²) in [6.45, 7) is 6.27. The highest BCUT2D eigenvalue weighted by atomic mass is 79.9. The fourth-order valence-electron chi connectivity index (χ4n) is 2.78. The van der Waals surface area contributed by atoms with Gasteiger partial charge in [0, 0.05) is 18.5 Å². The fraction of sp³-hybridized carbons (Fsp3) is 0.211. The van der Waals surface area contributed by atoms with Gasteiger partial charge < -0.3 is 9.88 Å². The van der Waals surface area contributed by atoms with Crippen LogP contribution < -0.4 is 5.32 Å². The summed E-state index contributed by atoms with van der Waals surface area (Å²) in [5.74, 6) is -0.344. The Kier molecular flexibility index (Phi) is 5.48. The van der Waals surface area contributed by atoms with E-state index in [9.17, 15) is 18.0 Å². The van der Waals surface area contributed by atoms with Gasteiger partial charge in [-0.05, 0) is 46.6 Å². The lowest BCUT2D eigenvalue weighted by Crippen LogP contribution is -2.25. The minimum Gasteiger partial charge on any atom is -0.347 e. The summed E-state index contributed by atoms with van der Waals surface area (Å²) < 4.78 is 42.2. The standard InChI is InChI=1S/C19H16BrF3N2OS/c1-11(2)9-25-15(7-16-17(25)14(20)10-27-16)18(26)24-8-12-4-3-5-13(6-12)19(21,22)23/h3-7,10H,1,8-9H2,2H3,(H,24,26). The summed E-state index contributed by atoms with van der Waals surface area (Å²) in [6.07, 6.45) is -4.41. The lowest BCUT2D eigenvalue weighted by molar-refractivity contribution is -0.137. The van der Waals surface area contributed by atoms with E-state index in [1.165, 1.54) is 17.4 Å². The van der Waals surface area contributed by atoms with Gasteiger partial charge in [-0.3, -0.25) is 4.79 Å². The van der Waals surface area contributed by atoms with Gasteiger partial charge in [-0.1, -0.05) is 24.3 Å². The maximum Gasteiger partial charge on any atom is 0.416 e. The Balaban J connectivity index is 1.84. The zero-order valence-corrected chi connectivity index (χ0v) is 16.8. The maximum absolute atomic E-state index is 12.8. The van der Waals surface area contributed by atoms with E-state index < -0.39 is 11.7 Å². The largest absolute Gasteiger partial charge is 0.416 e. The van der Waals surface area contributed by atoms with Crippen LogP contribution in [0.1, 0.15) is 28.5 Å². The molecule has 0 saturated heterocycles. The Morgan fingerprint density at radius 2 is 2.07 bits per heavy atom. The second kappa shape index (κ2) is 7.52. The normalized spacial score (nSPS) is 11.7. The van der Waals surface area contributed by atoms with Gasteiger partial charge in [-0.25, -0.2) is 0 Å². The molecule has 0 unspecified atom stereocenters. The van der Waals surface area contributed by atoms with Crippen molar-refractivity contribution in [2.45, 2.75) is 26.2 Å². The predicted molar refractivity (Wildman–Crippen MR) is 105 cm³/mol. The van der Waals surface area contributed by atoms with Crippen molar-refractivity contribution in [1.29, 1.82) is 0 Å². The smallest absolute Gasteiger partial charge is 0.347 e. The van der Waals surface area contributed by atoms with Crippen LogP contribution in [0, 0.1) is 0 Å². The van der Waals surface area contributed by atoms with Gasteiger partial charge in [-0.2, -0.15) is 13.2 Å². The molecule has 0 radical (unpaired) electrons. The monoisotopic (exact) mass is 456 g/mol. The Morgan fingerprint density at radius 3 is 2.74 bits per heavy atom. The molecule has 27 heavy (non-hydrogen) atoms. The summed E-state index contributed by atoms with van der Waals surface area (Å²) in [5.41, 5.74) is 1.90. The molecular formula is C19H16BrF3N2OS. The first kappa shape index (κ1) is 19.7. The number of hydrogen-bond acceptors (Lipinski definition) is 2. The number of fused-ring (bicyclic) bond motifs is 1. The van der Waals surface area contributed by atoms with E-state index in [-0.39, 0.29) is 12.5 Å². The molecule has 0 spiro atoms. The van der Waals surface area contributed by atoms with E-state index in [0.717, 1.165) is 32.4 Å². The number of nitrogens with one attached hydrogen (secondary N) is 1. The average molecular weight is 457 g/mol. The van der Waals surface area contributed by atoms with E-state index in [2.05, 4.69) is 27.8 Å². The molecule has 2 aromatic heterocycles. The van der Waals surface area contributed by atoms with Gasteiger partial charge in [0.2, 0.25) is 0 Å². The van der Waals surface area contributed by atoms with Crippen LogP contribution in [-0.4, -0.2) is 10.5 Å². The number of carbonyl (C=O) groups excluding carboxylic acids is 1. The first-order chi connectivity index (χ1) is 12.7. The van der Waals surface area contributed by atoms with Crippen LogP contribution in [0.25, 0.3) is 10.2 Å². The molecule has 0 saturated carbocycles. The van der Waals surface area contributed by atoms with Crippen LogP contribution >= 0.6 is 27.3 Å². The number of amides is 1. The van der Waals surface area contributed by atoms with Gasteiger partial charge in [-0.15, -0.1) is 11.3 Å². The van der Waals surface area contributed by atoms with Crippen LogP contribution in [0.2, 0.25) is 0 Å². The minimum absolute atomic E-state index is 0.00975. The zero-order chi connectivity index (χ0) is 19.8. The molecule has 0 atom stereocenters. The number of nitrogens with zero attached hydrogens (tertiary/aromatic N) is 1. The van der Waals surface area contributed by atoms with E-state index in [4.69, 9.17) is 0 Å². The summed E-state index contributed by atoms with van der Waals surface area (Å²) in [7, 11) is 0. The molecule has 1 amide bonds. The molecule has 1 aromatic carbocycles. The van der Waals surface area contributed by atoms with E-state index >= 15 is 0 Å². The van der Waals surface area contributed by atoms with Crippen molar-refractivity contribution >= 4 is 43.4 Å². The SMILES string of the molecule is C=C(C)Cn1c(C(=O)NCc2cccc(C(F)(F)F)c2)cc2scc(Br)c21.